The highest BCUT2D eigenvalue weighted by Crippen LogP contribution is 2.14. The molecule has 1 rings (SSSR count). The molecule has 0 saturated carbocycles. The molecular formula is C13H14N2O3. The van der Waals surface area contributed by atoms with Crippen molar-refractivity contribution in [3.05, 3.63) is 29.3 Å². The molecule has 0 fully saturated rings. The fourth-order valence-electron chi connectivity index (χ4n) is 1.37. The maximum Gasteiger partial charge on any atom is 0.335 e. The van der Waals surface area contributed by atoms with Crippen LogP contribution in [0.1, 0.15) is 22.8 Å². The van der Waals surface area contributed by atoms with E-state index in [-0.39, 0.29) is 18.1 Å². The van der Waals surface area contributed by atoms with Gasteiger partial charge in [0, 0.05) is 5.69 Å². The molecule has 0 spiro atoms. The third kappa shape index (κ3) is 3.83. The van der Waals surface area contributed by atoms with Crippen LogP contribution < -0.4 is 10.6 Å². The lowest BCUT2D eigenvalue weighted by Crippen LogP contribution is -2.28. The third-order valence-corrected chi connectivity index (χ3v) is 2.23. The van der Waals surface area contributed by atoms with E-state index in [0.29, 0.717) is 11.3 Å². The molecule has 2 amide bonds. The molecule has 0 aliphatic carbocycles. The maximum absolute atomic E-state index is 11.4. The SMILES string of the molecule is CC#CCNC(=O)Nc1ccc(C(=O)O)c(C)c1. The minimum atomic E-state index is -0.985. The molecule has 0 aliphatic rings. The molecule has 5 heteroatoms. The number of carboxylic acids is 1. The zero-order valence-electron chi connectivity index (χ0n) is 10.2. The Bertz CT molecular complexity index is 527. The number of anilines is 1. The quantitative estimate of drug-likeness (QED) is 0.712. The summed E-state index contributed by atoms with van der Waals surface area (Å²) in [6, 6.07) is 4.23. The van der Waals surface area contributed by atoms with Crippen molar-refractivity contribution in [2.75, 3.05) is 11.9 Å². The minimum absolute atomic E-state index is 0.220. The summed E-state index contributed by atoms with van der Waals surface area (Å²) in [5.74, 6) is 4.37. The number of urea groups is 1. The first-order valence-electron chi connectivity index (χ1n) is 5.33. The molecule has 0 aliphatic heterocycles. The molecule has 1 aromatic carbocycles. The fourth-order valence-corrected chi connectivity index (χ4v) is 1.37. The largest absolute Gasteiger partial charge is 0.478 e. The van der Waals surface area contributed by atoms with Crippen LogP contribution in [0.3, 0.4) is 0 Å². The first kappa shape index (κ1) is 13.6. The lowest BCUT2D eigenvalue weighted by molar-refractivity contribution is 0.0696. The Balaban J connectivity index is 2.67. The first-order chi connectivity index (χ1) is 8.54. The Morgan fingerprint density at radius 3 is 2.67 bits per heavy atom. The van der Waals surface area contributed by atoms with Crippen molar-refractivity contribution < 1.29 is 14.7 Å². The Labute approximate surface area is 105 Å². The molecular weight excluding hydrogens is 232 g/mol. The predicted octanol–water partition coefficient (Wildman–Crippen LogP) is 1.84. The number of benzene rings is 1. The highest BCUT2D eigenvalue weighted by molar-refractivity contribution is 5.92. The minimum Gasteiger partial charge on any atom is -0.478 e. The van der Waals surface area contributed by atoms with Crippen molar-refractivity contribution in [3.8, 4) is 11.8 Å². The molecule has 0 radical (unpaired) electrons. The van der Waals surface area contributed by atoms with Crippen LogP contribution in [0.2, 0.25) is 0 Å². The number of carbonyl (C=O) groups is 2. The topological polar surface area (TPSA) is 78.4 Å². The Kier molecular flexibility index (Phi) is 4.76. The van der Waals surface area contributed by atoms with Crippen LogP contribution in [0, 0.1) is 18.8 Å². The van der Waals surface area contributed by atoms with Crippen molar-refractivity contribution in [1.29, 1.82) is 0 Å². The average Bonchev–Trinajstić information content (AvgIpc) is 2.28. The van der Waals surface area contributed by atoms with E-state index in [0.717, 1.165) is 0 Å². The van der Waals surface area contributed by atoms with Crippen LogP contribution >= 0.6 is 0 Å². The van der Waals surface area contributed by atoms with E-state index >= 15 is 0 Å². The molecule has 0 saturated heterocycles. The Morgan fingerprint density at radius 1 is 1.39 bits per heavy atom. The number of aryl methyl sites for hydroxylation is 1. The van der Waals surface area contributed by atoms with E-state index < -0.39 is 5.97 Å². The summed E-state index contributed by atoms with van der Waals surface area (Å²) in [6.45, 7) is 3.64. The molecule has 0 heterocycles. The predicted molar refractivity (Wildman–Crippen MR) is 68.6 cm³/mol. The molecule has 0 atom stereocenters. The van der Waals surface area contributed by atoms with E-state index in [2.05, 4.69) is 22.5 Å². The molecule has 5 nitrogen and oxygen atoms in total. The van der Waals surface area contributed by atoms with Gasteiger partial charge >= 0.3 is 12.0 Å². The van der Waals surface area contributed by atoms with Crippen LogP contribution in [-0.4, -0.2) is 23.7 Å². The highest BCUT2D eigenvalue weighted by Gasteiger charge is 2.08. The number of aromatic carboxylic acids is 1. The van der Waals surface area contributed by atoms with Gasteiger partial charge in [-0.05, 0) is 37.6 Å². The van der Waals surface area contributed by atoms with Gasteiger partial charge in [-0.25, -0.2) is 9.59 Å². The maximum atomic E-state index is 11.4. The number of rotatable bonds is 3. The third-order valence-electron chi connectivity index (χ3n) is 2.23. The number of carbonyl (C=O) groups excluding carboxylic acids is 1. The Morgan fingerprint density at radius 2 is 2.11 bits per heavy atom. The summed E-state index contributed by atoms with van der Waals surface area (Å²) in [6.07, 6.45) is 0. The standard InChI is InChI=1S/C13H14N2O3/c1-3-4-7-14-13(18)15-10-5-6-11(12(16)17)9(2)8-10/h5-6,8H,7H2,1-2H3,(H,16,17)(H2,14,15,18). The van der Waals surface area contributed by atoms with Gasteiger partial charge in [-0.15, -0.1) is 5.92 Å². The van der Waals surface area contributed by atoms with Gasteiger partial charge in [0.15, 0.2) is 0 Å². The van der Waals surface area contributed by atoms with E-state index in [1.54, 1.807) is 26.0 Å². The first-order valence-corrected chi connectivity index (χ1v) is 5.33. The lowest BCUT2D eigenvalue weighted by atomic mass is 10.1. The zero-order valence-corrected chi connectivity index (χ0v) is 10.2. The Hall–Kier alpha value is -2.48. The van der Waals surface area contributed by atoms with Crippen LogP contribution in [0.25, 0.3) is 0 Å². The molecule has 1 aromatic rings. The second-order valence-corrected chi connectivity index (χ2v) is 3.57. The van der Waals surface area contributed by atoms with Gasteiger partial charge in [0.1, 0.15) is 0 Å². The summed E-state index contributed by atoms with van der Waals surface area (Å²) < 4.78 is 0. The summed E-state index contributed by atoms with van der Waals surface area (Å²) in [5.41, 5.74) is 1.35. The number of amides is 2. The van der Waals surface area contributed by atoms with Crippen molar-refractivity contribution in [2.24, 2.45) is 0 Å². The number of hydrogen-bond donors (Lipinski definition) is 3. The van der Waals surface area contributed by atoms with Gasteiger partial charge in [0.05, 0.1) is 12.1 Å². The van der Waals surface area contributed by atoms with Gasteiger partial charge in [-0.1, -0.05) is 5.92 Å². The molecule has 18 heavy (non-hydrogen) atoms. The summed E-state index contributed by atoms with van der Waals surface area (Å²) in [4.78, 5) is 22.2. The smallest absolute Gasteiger partial charge is 0.335 e. The zero-order chi connectivity index (χ0) is 13.5. The summed E-state index contributed by atoms with van der Waals surface area (Å²) >= 11 is 0. The van der Waals surface area contributed by atoms with Crippen LogP contribution in [-0.2, 0) is 0 Å². The van der Waals surface area contributed by atoms with Crippen molar-refractivity contribution >= 4 is 17.7 Å². The molecule has 0 unspecified atom stereocenters. The van der Waals surface area contributed by atoms with Gasteiger partial charge in [-0.3, -0.25) is 0 Å². The van der Waals surface area contributed by atoms with Crippen LogP contribution in [0.5, 0.6) is 0 Å². The summed E-state index contributed by atoms with van der Waals surface area (Å²) in [7, 11) is 0. The van der Waals surface area contributed by atoms with Crippen LogP contribution in [0.4, 0.5) is 10.5 Å². The highest BCUT2D eigenvalue weighted by atomic mass is 16.4. The second-order valence-electron chi connectivity index (χ2n) is 3.57. The van der Waals surface area contributed by atoms with E-state index in [9.17, 15) is 9.59 Å². The van der Waals surface area contributed by atoms with Gasteiger partial charge in [-0.2, -0.15) is 0 Å². The number of nitrogens with one attached hydrogen (secondary N) is 2. The molecule has 94 valence electrons. The number of carboxylic acid groups (broad SMARTS) is 1. The fraction of sp³-hybridized carbons (Fsp3) is 0.231. The van der Waals surface area contributed by atoms with E-state index in [1.165, 1.54) is 6.07 Å². The molecule has 0 bridgehead atoms. The molecule has 0 aromatic heterocycles. The lowest BCUT2D eigenvalue weighted by Gasteiger charge is -2.07. The monoisotopic (exact) mass is 246 g/mol. The van der Waals surface area contributed by atoms with Gasteiger partial charge in [0.25, 0.3) is 0 Å². The normalized spacial score (nSPS) is 9.00. The van der Waals surface area contributed by atoms with Crippen molar-refractivity contribution in [3.63, 3.8) is 0 Å². The second kappa shape index (κ2) is 6.30. The van der Waals surface area contributed by atoms with Gasteiger partial charge in [0.2, 0.25) is 0 Å². The summed E-state index contributed by atoms with van der Waals surface area (Å²) in [5, 5.41) is 14.0. The number of hydrogen-bond acceptors (Lipinski definition) is 2. The van der Waals surface area contributed by atoms with Gasteiger partial charge < -0.3 is 15.7 Å². The van der Waals surface area contributed by atoms with Crippen molar-refractivity contribution in [2.45, 2.75) is 13.8 Å². The van der Waals surface area contributed by atoms with Crippen molar-refractivity contribution in [1.82, 2.24) is 5.32 Å². The van der Waals surface area contributed by atoms with E-state index in [4.69, 9.17) is 5.11 Å². The van der Waals surface area contributed by atoms with E-state index in [1.807, 2.05) is 0 Å². The molecule has 3 N–H and O–H groups in total. The average molecular weight is 246 g/mol. The van der Waals surface area contributed by atoms with Crippen LogP contribution in [0.15, 0.2) is 18.2 Å².